The molecule has 1 aliphatic rings. The van der Waals surface area contributed by atoms with Gasteiger partial charge in [-0.3, -0.25) is 4.79 Å². The summed E-state index contributed by atoms with van der Waals surface area (Å²) in [5, 5.41) is 0. The van der Waals surface area contributed by atoms with E-state index >= 15 is 0 Å². The fourth-order valence-corrected chi connectivity index (χ4v) is 3.14. The highest BCUT2D eigenvalue weighted by Gasteiger charge is 2.26. The molecule has 3 heterocycles. The molecule has 0 spiro atoms. The van der Waals surface area contributed by atoms with Crippen LogP contribution in [0.3, 0.4) is 0 Å². The lowest BCUT2D eigenvalue weighted by atomic mass is 9.97. The average Bonchev–Trinajstić information content (AvgIpc) is 3.06. The van der Waals surface area contributed by atoms with E-state index in [-0.39, 0.29) is 17.8 Å². The first-order valence-electron chi connectivity index (χ1n) is 8.42. The van der Waals surface area contributed by atoms with Gasteiger partial charge in [0.05, 0.1) is 6.33 Å². The predicted octanol–water partition coefficient (Wildman–Crippen LogP) is 1.93. The van der Waals surface area contributed by atoms with Crippen molar-refractivity contribution in [2.75, 3.05) is 18.8 Å². The zero-order valence-corrected chi connectivity index (χ0v) is 14.2. The maximum atomic E-state index is 12.8. The first-order chi connectivity index (χ1) is 11.5. The van der Waals surface area contributed by atoms with Crippen LogP contribution in [0.5, 0.6) is 0 Å². The number of piperidine rings is 1. The second kappa shape index (κ2) is 6.98. The van der Waals surface area contributed by atoms with E-state index in [0.717, 1.165) is 38.2 Å². The van der Waals surface area contributed by atoms with Crippen LogP contribution in [0.25, 0.3) is 0 Å². The van der Waals surface area contributed by atoms with Crippen molar-refractivity contribution in [1.82, 2.24) is 24.4 Å². The molecule has 24 heavy (non-hydrogen) atoms. The predicted molar refractivity (Wildman–Crippen MR) is 91.4 cm³/mol. The van der Waals surface area contributed by atoms with Crippen molar-refractivity contribution in [1.29, 1.82) is 0 Å². The largest absolute Gasteiger partial charge is 0.368 e. The molecular weight excluding hydrogens is 304 g/mol. The number of hydrogen-bond donors (Lipinski definition) is 1. The molecule has 7 heteroatoms. The Balaban J connectivity index is 1.72. The molecule has 7 nitrogen and oxygen atoms in total. The topological polar surface area (TPSA) is 89.9 Å². The fourth-order valence-electron chi connectivity index (χ4n) is 3.14. The Bertz CT molecular complexity index is 697. The van der Waals surface area contributed by atoms with Crippen LogP contribution in [0.2, 0.25) is 0 Å². The normalized spacial score (nSPS) is 18.1. The number of aromatic nitrogens is 4. The van der Waals surface area contributed by atoms with Crippen LogP contribution < -0.4 is 5.73 Å². The summed E-state index contributed by atoms with van der Waals surface area (Å²) in [4.78, 5) is 27.2. The van der Waals surface area contributed by atoms with Gasteiger partial charge in [-0.1, -0.05) is 13.8 Å². The van der Waals surface area contributed by atoms with Gasteiger partial charge in [-0.05, 0) is 30.7 Å². The molecule has 1 fully saturated rings. The summed E-state index contributed by atoms with van der Waals surface area (Å²) in [6, 6.07) is 1.77. The molecule has 0 bridgehead atoms. The monoisotopic (exact) mass is 328 g/mol. The van der Waals surface area contributed by atoms with E-state index in [1.807, 2.05) is 31.3 Å². The molecule has 0 radical (unpaired) electrons. The summed E-state index contributed by atoms with van der Waals surface area (Å²) in [6.45, 7) is 6.43. The van der Waals surface area contributed by atoms with Gasteiger partial charge in [0.25, 0.3) is 5.91 Å². The van der Waals surface area contributed by atoms with Gasteiger partial charge in [-0.15, -0.1) is 0 Å². The third-order valence-corrected chi connectivity index (χ3v) is 4.41. The maximum Gasteiger partial charge on any atom is 0.272 e. The number of nitrogens with zero attached hydrogens (tertiary/aromatic N) is 5. The SMILES string of the molecule is CC(C)c1cc(C(=O)N2CCCC(Cn3ccnc3)C2)nc(N)n1. The summed E-state index contributed by atoms with van der Waals surface area (Å²) >= 11 is 0. The summed E-state index contributed by atoms with van der Waals surface area (Å²) in [6.07, 6.45) is 7.68. The smallest absolute Gasteiger partial charge is 0.272 e. The summed E-state index contributed by atoms with van der Waals surface area (Å²) in [5.41, 5.74) is 6.98. The van der Waals surface area contributed by atoms with Crippen LogP contribution in [-0.4, -0.2) is 43.4 Å². The lowest BCUT2D eigenvalue weighted by molar-refractivity contribution is 0.0656. The molecule has 2 N–H and O–H groups in total. The van der Waals surface area contributed by atoms with Crippen LogP contribution >= 0.6 is 0 Å². The van der Waals surface area contributed by atoms with E-state index in [0.29, 0.717) is 11.6 Å². The van der Waals surface area contributed by atoms with Crippen molar-refractivity contribution in [2.45, 2.75) is 39.2 Å². The zero-order chi connectivity index (χ0) is 17.1. The maximum absolute atomic E-state index is 12.8. The molecular formula is C17H24N6O. The Morgan fingerprint density at radius 3 is 2.96 bits per heavy atom. The minimum absolute atomic E-state index is 0.0543. The second-order valence-corrected chi connectivity index (χ2v) is 6.71. The lowest BCUT2D eigenvalue weighted by Gasteiger charge is -2.32. The van der Waals surface area contributed by atoms with E-state index in [4.69, 9.17) is 5.73 Å². The molecule has 1 unspecified atom stereocenters. The molecule has 2 aromatic heterocycles. The molecule has 0 aliphatic carbocycles. The summed E-state index contributed by atoms with van der Waals surface area (Å²) < 4.78 is 2.07. The van der Waals surface area contributed by atoms with E-state index in [1.54, 1.807) is 12.3 Å². The van der Waals surface area contributed by atoms with Gasteiger partial charge in [0, 0.05) is 37.7 Å². The minimum atomic E-state index is -0.0543. The Kier molecular flexibility index (Phi) is 4.78. The van der Waals surface area contributed by atoms with Gasteiger partial charge in [-0.25, -0.2) is 15.0 Å². The van der Waals surface area contributed by atoms with Crippen LogP contribution in [-0.2, 0) is 6.54 Å². The fraction of sp³-hybridized carbons (Fsp3) is 0.529. The van der Waals surface area contributed by atoms with E-state index in [9.17, 15) is 4.79 Å². The van der Waals surface area contributed by atoms with Gasteiger partial charge in [0.2, 0.25) is 5.95 Å². The van der Waals surface area contributed by atoms with E-state index in [2.05, 4.69) is 19.5 Å². The number of hydrogen-bond acceptors (Lipinski definition) is 5. The minimum Gasteiger partial charge on any atom is -0.368 e. The molecule has 3 rings (SSSR count). The van der Waals surface area contributed by atoms with Crippen molar-refractivity contribution in [3.63, 3.8) is 0 Å². The van der Waals surface area contributed by atoms with Crippen LogP contribution in [0.15, 0.2) is 24.8 Å². The van der Waals surface area contributed by atoms with Crippen molar-refractivity contribution in [2.24, 2.45) is 5.92 Å². The quantitative estimate of drug-likeness (QED) is 0.926. The number of nitrogen functional groups attached to an aromatic ring is 1. The number of anilines is 1. The van der Waals surface area contributed by atoms with Crippen LogP contribution in [0.1, 0.15) is 48.8 Å². The lowest BCUT2D eigenvalue weighted by Crippen LogP contribution is -2.41. The van der Waals surface area contributed by atoms with Crippen molar-refractivity contribution >= 4 is 11.9 Å². The molecule has 2 aromatic rings. The molecule has 1 aliphatic heterocycles. The number of rotatable bonds is 4. The number of carbonyl (C=O) groups excluding carboxylic acids is 1. The highest BCUT2D eigenvalue weighted by molar-refractivity contribution is 5.92. The molecule has 128 valence electrons. The Hall–Kier alpha value is -2.44. The number of imidazole rings is 1. The molecule has 0 aromatic carbocycles. The Morgan fingerprint density at radius 2 is 2.25 bits per heavy atom. The average molecular weight is 328 g/mol. The highest BCUT2D eigenvalue weighted by atomic mass is 16.2. The van der Waals surface area contributed by atoms with Gasteiger partial charge < -0.3 is 15.2 Å². The first kappa shape index (κ1) is 16.4. The van der Waals surface area contributed by atoms with Gasteiger partial charge >= 0.3 is 0 Å². The van der Waals surface area contributed by atoms with E-state index in [1.165, 1.54) is 0 Å². The summed E-state index contributed by atoms with van der Waals surface area (Å²) in [5.74, 6) is 0.746. The number of likely N-dealkylation sites (tertiary alicyclic amines) is 1. The molecule has 0 saturated carbocycles. The Morgan fingerprint density at radius 1 is 1.42 bits per heavy atom. The van der Waals surface area contributed by atoms with Crippen molar-refractivity contribution < 1.29 is 4.79 Å². The molecule has 1 amide bonds. The Labute approximate surface area is 141 Å². The van der Waals surface area contributed by atoms with Crippen molar-refractivity contribution in [3.8, 4) is 0 Å². The van der Waals surface area contributed by atoms with Gasteiger partial charge in [0.15, 0.2) is 0 Å². The second-order valence-electron chi connectivity index (χ2n) is 6.71. The zero-order valence-electron chi connectivity index (χ0n) is 14.2. The standard InChI is InChI=1S/C17H24N6O/c1-12(2)14-8-15(21-17(18)20-14)16(24)23-6-3-4-13(10-23)9-22-7-5-19-11-22/h5,7-8,11-13H,3-4,6,9-10H2,1-2H3,(H2,18,20,21). The number of amides is 1. The van der Waals surface area contributed by atoms with Gasteiger partial charge in [0.1, 0.15) is 5.69 Å². The number of nitrogens with two attached hydrogens (primary N) is 1. The molecule has 1 atom stereocenters. The molecule has 1 saturated heterocycles. The van der Waals surface area contributed by atoms with E-state index < -0.39 is 0 Å². The van der Waals surface area contributed by atoms with Gasteiger partial charge in [-0.2, -0.15) is 0 Å². The van der Waals surface area contributed by atoms with Crippen LogP contribution in [0, 0.1) is 5.92 Å². The summed E-state index contributed by atoms with van der Waals surface area (Å²) in [7, 11) is 0. The van der Waals surface area contributed by atoms with Crippen LogP contribution in [0.4, 0.5) is 5.95 Å². The third-order valence-electron chi connectivity index (χ3n) is 4.41. The number of carbonyl (C=O) groups is 1. The van der Waals surface area contributed by atoms with Crippen molar-refractivity contribution in [3.05, 3.63) is 36.2 Å². The third kappa shape index (κ3) is 3.72. The highest BCUT2D eigenvalue weighted by Crippen LogP contribution is 2.21. The first-order valence-corrected chi connectivity index (χ1v) is 8.42.